The Morgan fingerprint density at radius 1 is 1.14 bits per heavy atom. The van der Waals surface area contributed by atoms with E-state index in [4.69, 9.17) is 8.94 Å². The third-order valence-corrected chi connectivity index (χ3v) is 6.90. The molecule has 36 heavy (non-hydrogen) atoms. The molecule has 0 radical (unpaired) electrons. The van der Waals surface area contributed by atoms with Gasteiger partial charge in [0.2, 0.25) is 11.8 Å². The number of aromatic hydroxyl groups is 1. The van der Waals surface area contributed by atoms with Crippen LogP contribution in [0.1, 0.15) is 60.6 Å². The van der Waals surface area contributed by atoms with Gasteiger partial charge in [0, 0.05) is 11.8 Å². The van der Waals surface area contributed by atoms with E-state index >= 15 is 0 Å². The topological polar surface area (TPSA) is 107 Å². The van der Waals surface area contributed by atoms with Crippen LogP contribution < -0.4 is 5.56 Å². The van der Waals surface area contributed by atoms with Gasteiger partial charge in [0.05, 0.1) is 24.4 Å². The Bertz CT molecular complexity index is 1610. The Kier molecular flexibility index (Phi) is 5.64. The number of unbranched alkanes of at least 4 members (excludes halogenated alkanes) is 1. The molecule has 0 unspecified atom stereocenters. The van der Waals surface area contributed by atoms with Gasteiger partial charge in [-0.3, -0.25) is 9.36 Å². The van der Waals surface area contributed by atoms with Crippen molar-refractivity contribution in [2.45, 2.75) is 51.5 Å². The maximum Gasteiger partial charge on any atom is 0.270 e. The van der Waals surface area contributed by atoms with Gasteiger partial charge in [-0.25, -0.2) is 4.98 Å². The van der Waals surface area contributed by atoms with E-state index in [1.165, 1.54) is 5.56 Å². The fourth-order valence-electron chi connectivity index (χ4n) is 5.12. The fraction of sp³-hybridized carbons (Fsp3) is 0.286. The normalized spacial score (nSPS) is 15.0. The zero-order valence-electron chi connectivity index (χ0n) is 20.0. The molecule has 5 aromatic rings. The molecule has 1 aliphatic carbocycles. The van der Waals surface area contributed by atoms with Crippen LogP contribution in [-0.4, -0.2) is 24.8 Å². The Hall–Kier alpha value is -4.20. The van der Waals surface area contributed by atoms with Crippen molar-refractivity contribution in [2.24, 2.45) is 0 Å². The SMILES string of the molecule is CCCCc1nc(O)c(-c2ncc(Cc3noc4ccccc34)o2)c(=O)n1[C@H]1CCc2ccccc21. The van der Waals surface area contributed by atoms with Gasteiger partial charge in [-0.1, -0.05) is 54.9 Å². The van der Waals surface area contributed by atoms with E-state index in [-0.39, 0.29) is 28.9 Å². The minimum Gasteiger partial charge on any atom is -0.493 e. The molecular weight excluding hydrogens is 456 g/mol. The third kappa shape index (κ3) is 3.79. The number of fused-ring (bicyclic) bond motifs is 2. The highest BCUT2D eigenvalue weighted by Crippen LogP contribution is 2.35. The zero-order chi connectivity index (χ0) is 24.6. The van der Waals surface area contributed by atoms with Crippen LogP contribution in [0.15, 0.2) is 68.5 Å². The fourth-order valence-corrected chi connectivity index (χ4v) is 5.12. The number of hydrogen-bond acceptors (Lipinski definition) is 7. The first-order valence-electron chi connectivity index (χ1n) is 12.3. The predicted molar refractivity (Wildman–Crippen MR) is 134 cm³/mol. The molecule has 8 heteroatoms. The highest BCUT2D eigenvalue weighted by Gasteiger charge is 2.30. The van der Waals surface area contributed by atoms with Crippen molar-refractivity contribution < 1.29 is 14.0 Å². The van der Waals surface area contributed by atoms with Crippen LogP contribution in [0, 0.1) is 0 Å². The Morgan fingerprint density at radius 3 is 2.86 bits per heavy atom. The molecule has 1 N–H and O–H groups in total. The van der Waals surface area contributed by atoms with Gasteiger partial charge in [-0.05, 0) is 42.5 Å². The monoisotopic (exact) mass is 482 g/mol. The summed E-state index contributed by atoms with van der Waals surface area (Å²) < 4.78 is 13.1. The number of rotatable bonds is 7. The average molecular weight is 483 g/mol. The van der Waals surface area contributed by atoms with Crippen molar-refractivity contribution in [3.8, 4) is 17.3 Å². The number of oxazole rings is 1. The summed E-state index contributed by atoms with van der Waals surface area (Å²) in [5.41, 5.74) is 3.42. The zero-order valence-corrected chi connectivity index (χ0v) is 20.0. The summed E-state index contributed by atoms with van der Waals surface area (Å²) in [7, 11) is 0. The number of aryl methyl sites for hydroxylation is 2. The van der Waals surface area contributed by atoms with E-state index < -0.39 is 0 Å². The van der Waals surface area contributed by atoms with E-state index in [9.17, 15) is 9.90 Å². The highest BCUT2D eigenvalue weighted by molar-refractivity contribution is 5.79. The summed E-state index contributed by atoms with van der Waals surface area (Å²) >= 11 is 0. The van der Waals surface area contributed by atoms with E-state index in [0.717, 1.165) is 36.6 Å². The number of aromatic nitrogens is 4. The van der Waals surface area contributed by atoms with Gasteiger partial charge in [0.1, 0.15) is 11.6 Å². The molecular formula is C28H26N4O4. The quantitative estimate of drug-likeness (QED) is 0.339. The molecule has 1 atom stereocenters. The van der Waals surface area contributed by atoms with Crippen molar-refractivity contribution in [3.63, 3.8) is 0 Å². The number of benzene rings is 2. The van der Waals surface area contributed by atoms with Gasteiger partial charge in [0.15, 0.2) is 11.1 Å². The van der Waals surface area contributed by atoms with Crippen LogP contribution in [0.5, 0.6) is 5.88 Å². The standard InChI is InChI=1S/C28H26N4O4/c1-2-3-12-24-30-26(33)25(28(34)32(24)22-14-13-17-8-4-5-9-19(17)22)27-29-16-18(35-27)15-21-20-10-6-7-11-23(20)36-31-21/h4-11,16,22,33H,2-3,12-15H2,1H3/t22-/m0/s1. The Balaban J connectivity index is 1.41. The molecule has 0 amide bonds. The van der Waals surface area contributed by atoms with Crippen molar-refractivity contribution in [2.75, 3.05) is 0 Å². The van der Waals surface area contributed by atoms with Crippen LogP contribution in [0.25, 0.3) is 22.4 Å². The Labute approximate surface area is 207 Å². The van der Waals surface area contributed by atoms with Gasteiger partial charge in [0.25, 0.3) is 5.56 Å². The summed E-state index contributed by atoms with van der Waals surface area (Å²) in [6.07, 6.45) is 6.03. The summed E-state index contributed by atoms with van der Waals surface area (Å²) in [5, 5.41) is 15.9. The molecule has 6 rings (SSSR count). The summed E-state index contributed by atoms with van der Waals surface area (Å²) in [6.45, 7) is 2.09. The molecule has 3 heterocycles. The van der Waals surface area contributed by atoms with Crippen LogP contribution in [0.4, 0.5) is 0 Å². The molecule has 0 saturated carbocycles. The van der Waals surface area contributed by atoms with Gasteiger partial charge in [-0.15, -0.1) is 0 Å². The predicted octanol–water partition coefficient (Wildman–Crippen LogP) is 5.21. The second-order valence-electron chi connectivity index (χ2n) is 9.19. The lowest BCUT2D eigenvalue weighted by Gasteiger charge is -2.20. The molecule has 2 aromatic carbocycles. The summed E-state index contributed by atoms with van der Waals surface area (Å²) in [5.74, 6) is 0.796. The van der Waals surface area contributed by atoms with E-state index in [1.54, 1.807) is 10.8 Å². The smallest absolute Gasteiger partial charge is 0.270 e. The first kappa shape index (κ1) is 22.3. The minimum atomic E-state index is -0.353. The lowest BCUT2D eigenvalue weighted by molar-refractivity contribution is 0.426. The molecule has 0 spiro atoms. The number of para-hydroxylation sites is 1. The first-order valence-corrected chi connectivity index (χ1v) is 12.3. The highest BCUT2D eigenvalue weighted by atomic mass is 16.5. The average Bonchev–Trinajstić information content (AvgIpc) is 3.62. The van der Waals surface area contributed by atoms with Crippen molar-refractivity contribution >= 4 is 11.0 Å². The van der Waals surface area contributed by atoms with Gasteiger partial charge < -0.3 is 14.0 Å². The van der Waals surface area contributed by atoms with Crippen LogP contribution in [0.3, 0.4) is 0 Å². The molecule has 0 saturated heterocycles. The lowest BCUT2D eigenvalue weighted by atomic mass is 10.1. The largest absolute Gasteiger partial charge is 0.493 e. The van der Waals surface area contributed by atoms with E-state index in [2.05, 4.69) is 34.2 Å². The second kappa shape index (κ2) is 9.11. The number of hydrogen-bond donors (Lipinski definition) is 1. The van der Waals surface area contributed by atoms with Crippen LogP contribution >= 0.6 is 0 Å². The van der Waals surface area contributed by atoms with E-state index in [0.29, 0.717) is 35.7 Å². The molecule has 3 aromatic heterocycles. The lowest BCUT2D eigenvalue weighted by Crippen LogP contribution is -2.30. The molecule has 182 valence electrons. The second-order valence-corrected chi connectivity index (χ2v) is 9.19. The summed E-state index contributed by atoms with van der Waals surface area (Å²) in [6, 6.07) is 15.6. The minimum absolute atomic E-state index is 0.0177. The van der Waals surface area contributed by atoms with Crippen molar-refractivity contribution in [1.29, 1.82) is 0 Å². The van der Waals surface area contributed by atoms with Gasteiger partial charge in [-0.2, -0.15) is 4.98 Å². The van der Waals surface area contributed by atoms with E-state index in [1.807, 2.05) is 36.4 Å². The summed E-state index contributed by atoms with van der Waals surface area (Å²) in [4.78, 5) is 22.7. The number of nitrogens with zero attached hydrogens (tertiary/aromatic N) is 4. The molecule has 0 aliphatic heterocycles. The molecule has 8 nitrogen and oxygen atoms in total. The van der Waals surface area contributed by atoms with Gasteiger partial charge >= 0.3 is 0 Å². The van der Waals surface area contributed by atoms with Crippen molar-refractivity contribution in [3.05, 3.63) is 93.5 Å². The molecule has 1 aliphatic rings. The third-order valence-electron chi connectivity index (χ3n) is 6.90. The van der Waals surface area contributed by atoms with Crippen LogP contribution in [0.2, 0.25) is 0 Å². The molecule has 0 bridgehead atoms. The Morgan fingerprint density at radius 2 is 1.97 bits per heavy atom. The maximum absolute atomic E-state index is 13.9. The van der Waals surface area contributed by atoms with Crippen molar-refractivity contribution in [1.82, 2.24) is 19.7 Å². The first-order chi connectivity index (χ1) is 17.6. The molecule has 0 fully saturated rings. The van der Waals surface area contributed by atoms with Crippen LogP contribution in [-0.2, 0) is 19.3 Å². The maximum atomic E-state index is 13.9.